The van der Waals surface area contributed by atoms with Gasteiger partial charge in [-0.2, -0.15) is 0 Å². The molecule has 12 bridgehead atoms. The molecule has 36 nitrogen and oxygen atoms in total. The molecule has 0 aromatic heterocycles. The summed E-state index contributed by atoms with van der Waals surface area (Å²) in [5.41, 5.74) is 27.5. The van der Waals surface area contributed by atoms with Gasteiger partial charge in [0.05, 0.1) is 68.2 Å². The number of carbonyl (C=O) groups excluding carboxylic acids is 12. The van der Waals surface area contributed by atoms with Crippen molar-refractivity contribution in [2.24, 2.45) is 0 Å². The van der Waals surface area contributed by atoms with E-state index < -0.39 is 72.4 Å². The minimum absolute atomic E-state index is 0.0568. The maximum atomic E-state index is 14.1. The van der Waals surface area contributed by atoms with E-state index in [1.165, 1.54) is 0 Å². The van der Waals surface area contributed by atoms with E-state index in [0.29, 0.717) is 143 Å². The first-order chi connectivity index (χ1) is 69.3. The smallest absolute Gasteiger partial charge is 0.319 e. The molecule has 0 radical (unpaired) electrons. The monoisotopic (exact) mass is 1960 g/mol. The number of carbonyl (C=O) groups is 12. The van der Waals surface area contributed by atoms with Gasteiger partial charge in [0.2, 0.25) is 0 Å². The highest BCUT2D eigenvalue weighted by atomic mass is 16.2. The van der Waals surface area contributed by atoms with E-state index in [1.54, 1.807) is 72.8 Å². The molecule has 0 fully saturated rings. The predicted molar refractivity (Wildman–Crippen MR) is 568 cm³/mol. The van der Waals surface area contributed by atoms with Gasteiger partial charge in [-0.25, -0.2) is 57.5 Å². The van der Waals surface area contributed by atoms with Gasteiger partial charge in [-0.3, -0.25) is 0 Å². The molecular weight excluding hydrogens is 1830 g/mol. The van der Waals surface area contributed by atoms with Crippen molar-refractivity contribution in [3.63, 3.8) is 0 Å². The Balaban J connectivity index is 0.000000242. The second-order valence-electron chi connectivity index (χ2n) is 35.9. The Morgan fingerprint density at radius 2 is 0.264 bits per heavy atom. The number of hydrogen-bond donors (Lipinski definition) is 24. The Morgan fingerprint density at radius 1 is 0.153 bits per heavy atom. The van der Waals surface area contributed by atoms with Crippen molar-refractivity contribution in [2.45, 2.75) is 240 Å². The van der Waals surface area contributed by atoms with Crippen LogP contribution in [-0.4, -0.2) is 72.4 Å². The zero-order valence-corrected chi connectivity index (χ0v) is 84.4. The van der Waals surface area contributed by atoms with Gasteiger partial charge in [-0.1, -0.05) is 117 Å². The zero-order chi connectivity index (χ0) is 103. The highest BCUT2D eigenvalue weighted by Gasteiger charge is 2.31. The third-order valence-electron chi connectivity index (χ3n) is 26.1. The first-order valence-corrected chi connectivity index (χ1v) is 49.1. The van der Waals surface area contributed by atoms with E-state index in [0.717, 1.165) is 134 Å². The van der Waals surface area contributed by atoms with Gasteiger partial charge in [0.1, 0.15) is 0 Å². The Labute approximate surface area is 839 Å². The molecule has 36 heteroatoms. The van der Waals surface area contributed by atoms with Crippen LogP contribution < -0.4 is 128 Å². The molecular formula is C108H132N24O12. The fourth-order valence-corrected chi connectivity index (χ4v) is 19.5. The van der Waals surface area contributed by atoms with Crippen LogP contribution in [-0.2, 0) is 136 Å². The van der Waals surface area contributed by atoms with Gasteiger partial charge in [0.15, 0.2) is 0 Å². The molecule has 24 N–H and O–H groups in total. The lowest BCUT2D eigenvalue weighted by Crippen LogP contribution is -2.35. The number of amides is 24. The maximum absolute atomic E-state index is 14.1. The molecule has 16 rings (SSSR count). The van der Waals surface area contributed by atoms with E-state index in [4.69, 9.17) is 0 Å². The Kier molecular flexibility index (Phi) is 35.3. The fourth-order valence-electron chi connectivity index (χ4n) is 19.5. The van der Waals surface area contributed by atoms with Crippen molar-refractivity contribution in [3.05, 3.63) is 278 Å². The summed E-state index contributed by atoms with van der Waals surface area (Å²) < 4.78 is 0. The number of benzene rings is 10. The van der Waals surface area contributed by atoms with Crippen molar-refractivity contribution < 1.29 is 57.5 Å². The number of urea groups is 12. The van der Waals surface area contributed by atoms with Crippen LogP contribution in [0.2, 0.25) is 0 Å². The van der Waals surface area contributed by atoms with Crippen LogP contribution in [0.15, 0.2) is 127 Å². The van der Waals surface area contributed by atoms with Gasteiger partial charge in [0, 0.05) is 78.5 Å². The molecule has 144 heavy (non-hydrogen) atoms. The maximum Gasteiger partial charge on any atom is 0.319 e. The molecule has 0 saturated heterocycles. The molecule has 0 aliphatic carbocycles. The van der Waals surface area contributed by atoms with E-state index in [-0.39, 0.29) is 78.5 Å². The summed E-state index contributed by atoms with van der Waals surface area (Å²) in [5.74, 6) is 0. The molecule has 10 aromatic rings. The minimum Gasteiger partial charge on any atom is -0.334 e. The van der Waals surface area contributed by atoms with Crippen LogP contribution in [0.5, 0.6) is 0 Å². The van der Waals surface area contributed by atoms with Gasteiger partial charge >= 0.3 is 72.4 Å². The van der Waals surface area contributed by atoms with Crippen LogP contribution in [0.25, 0.3) is 0 Å². The highest BCUT2D eigenvalue weighted by Crippen LogP contribution is 2.38. The average Bonchev–Trinajstić information content (AvgIpc) is 0.773. The zero-order valence-electron chi connectivity index (χ0n) is 84.4. The van der Waals surface area contributed by atoms with Crippen molar-refractivity contribution in [1.29, 1.82) is 0 Å². The summed E-state index contributed by atoms with van der Waals surface area (Å²) in [6.45, 7) is 30.5. The topological polar surface area (TPSA) is 494 Å². The van der Waals surface area contributed by atoms with Crippen molar-refractivity contribution in [3.8, 4) is 0 Å². The molecule has 24 amide bonds. The van der Waals surface area contributed by atoms with E-state index in [9.17, 15) is 57.5 Å². The number of fused-ring (bicyclic) bond motifs is 36. The number of anilines is 12. The summed E-state index contributed by atoms with van der Waals surface area (Å²) in [7, 11) is 0. The molecule has 10 aromatic carbocycles. The van der Waals surface area contributed by atoms with E-state index in [1.807, 2.05) is 158 Å². The minimum atomic E-state index is -0.533. The van der Waals surface area contributed by atoms with Crippen molar-refractivity contribution in [2.75, 3.05) is 63.8 Å². The predicted octanol–water partition coefficient (Wildman–Crippen LogP) is 19.4. The molecule has 0 saturated carbocycles. The quantitative estimate of drug-likeness (QED) is 0.0641. The normalized spacial score (nSPS) is 14.9. The summed E-state index contributed by atoms with van der Waals surface area (Å²) >= 11 is 0. The van der Waals surface area contributed by atoms with Crippen molar-refractivity contribution in [1.82, 2.24) is 63.8 Å². The van der Waals surface area contributed by atoms with Crippen LogP contribution in [0.1, 0.15) is 213 Å². The first kappa shape index (κ1) is 105. The Morgan fingerprint density at radius 3 is 0.382 bits per heavy atom. The largest absolute Gasteiger partial charge is 0.334 e. The number of nitrogens with one attached hydrogen (secondary N) is 24. The lowest BCUT2D eigenvalue weighted by atomic mass is 9.83. The van der Waals surface area contributed by atoms with E-state index >= 15 is 0 Å². The lowest BCUT2D eigenvalue weighted by Gasteiger charge is -2.27. The summed E-state index contributed by atoms with van der Waals surface area (Å²) in [5, 5.41) is 71.5. The molecule has 6 aliphatic heterocycles. The average molecular weight is 1960 g/mol. The Hall–Kier alpha value is -16.6. The third-order valence-corrected chi connectivity index (χ3v) is 26.1. The molecule has 0 atom stereocenters. The highest BCUT2D eigenvalue weighted by molar-refractivity contribution is 6.05. The van der Waals surface area contributed by atoms with Gasteiger partial charge in [-0.05, 0) is 322 Å². The summed E-state index contributed by atoms with van der Waals surface area (Å²) in [4.78, 5) is 167. The summed E-state index contributed by atoms with van der Waals surface area (Å²) in [6, 6.07) is 31.3. The van der Waals surface area contributed by atoms with Gasteiger partial charge in [0.25, 0.3) is 0 Å². The first-order valence-electron chi connectivity index (χ1n) is 49.1. The van der Waals surface area contributed by atoms with Gasteiger partial charge < -0.3 is 128 Å². The number of hydrogen-bond acceptors (Lipinski definition) is 12. The van der Waals surface area contributed by atoms with Crippen molar-refractivity contribution >= 4 is 141 Å². The molecule has 6 aliphatic rings. The molecule has 0 unspecified atom stereocenters. The molecule has 0 spiro atoms. The van der Waals surface area contributed by atoms with Crippen LogP contribution in [0.4, 0.5) is 126 Å². The van der Waals surface area contributed by atoms with Crippen LogP contribution in [0.3, 0.4) is 0 Å². The summed E-state index contributed by atoms with van der Waals surface area (Å²) in [6.07, 6.45) is 4.95. The fraction of sp³-hybridized carbons (Fsp3) is 0.333. The van der Waals surface area contributed by atoms with Gasteiger partial charge in [-0.15, -0.1) is 0 Å². The SMILES string of the molecule is CCc1c2c(CC)c3c(CC)c1CNC(=O)Nc1ccc(C)cc1NC(=O)NCc1c(CC)c(c(CC)c(c1CC)CNC(=O)Nc1cc(C)ccc1NC(=O)NC3)CNC(=O)Nc1cc(C)ccc1NC(=O)NC2.CCc1c2c(CC)c3c(CC)c1CNC(=O)Nc1ccc(C)cc1NC(=O)NCc1cc(cc(c1)CNC(=O)Nc1cc(C)ccc1NC(=O)NC3)CNC(=O)Nc1cc(C)ccc1NC(=O)NC2. The van der Waals surface area contributed by atoms with Crippen LogP contribution in [0, 0.1) is 41.5 Å². The Bertz CT molecular complexity index is 5960. The van der Waals surface area contributed by atoms with Crippen LogP contribution >= 0.6 is 0 Å². The second-order valence-corrected chi connectivity index (χ2v) is 35.9. The molecule has 6 heterocycles. The standard InChI is InChI=1S/C57H72N12O6.C51H60N12O6/c1-10-34-40-25-58-52(70)64-46-19-16-31(7)22-49(46)67-55(73)61-28-43-37(13-4)44-29-62-56(74)68-50-23-32(8)17-20-47(50)65-53(71)59-26-41(34)36(12-3)42(35(40)11-2)27-60-54(72)66-48-21-18-33(9)24-51(48)69-57(75)63-30-45(38(43)14-5)39(44)15-6;1-7-34-37-25-55-49(67)58-40-13-10-28(4)16-43(40)61-46(64)52-22-31-19-32-21-33(20-31)24-54-48(66)63-45-18-30(6)12-15-42(45)60-51(69)57-27-39(35(37)8-2)36(9-3)38(34)26-56-50(68)59-41-14-11-29(5)17-44(41)62-47(65)53-23-32/h16-24H,10-15,25-30H2,1-9H3,(H2,58,64,70)(H2,59,65,71)(H2,60,66,72)(H2,61,67,73)(H2,62,68,74)(H2,63,69,75);10-21H,7-9,22-27H2,1-6H3,(H2,52,61,64)(H2,53,62,65)(H2,54,63,66)(H2,55,58,67)(H2,56,59,68)(H2,57,60,69). The third kappa shape index (κ3) is 26.4. The number of rotatable bonds is 9. The number of aryl methyl sites for hydroxylation is 6. The molecule has 756 valence electrons. The van der Waals surface area contributed by atoms with E-state index in [2.05, 4.69) is 128 Å². The second kappa shape index (κ2) is 48.5. The lowest BCUT2D eigenvalue weighted by molar-refractivity contribution is 0.250.